The lowest BCUT2D eigenvalue weighted by Gasteiger charge is -2.08. The molecule has 0 unspecified atom stereocenters. The molecule has 3 aromatic rings. The third-order valence-electron chi connectivity index (χ3n) is 4.34. The van der Waals surface area contributed by atoms with E-state index in [0.29, 0.717) is 16.9 Å². The van der Waals surface area contributed by atoms with E-state index in [9.17, 15) is 4.79 Å². The third kappa shape index (κ3) is 3.28. The number of hydrogen-bond donors (Lipinski definition) is 2. The van der Waals surface area contributed by atoms with Gasteiger partial charge in [0.1, 0.15) is 0 Å². The van der Waals surface area contributed by atoms with Crippen LogP contribution in [0.5, 0.6) is 0 Å². The van der Waals surface area contributed by atoms with Gasteiger partial charge < -0.3 is 10.6 Å². The fourth-order valence-electron chi connectivity index (χ4n) is 3.04. The molecule has 0 saturated carbocycles. The summed E-state index contributed by atoms with van der Waals surface area (Å²) >= 11 is 0. The number of carbonyl (C=O) groups excluding carboxylic acids is 1. The van der Waals surface area contributed by atoms with Crippen LogP contribution < -0.4 is 10.6 Å². The predicted molar refractivity (Wildman–Crippen MR) is 99.4 cm³/mol. The largest absolute Gasteiger partial charge is 0.356 e. The smallest absolute Gasteiger partial charge is 0.256 e. The molecule has 26 heavy (non-hydrogen) atoms. The second-order valence-corrected chi connectivity index (χ2v) is 6.20. The van der Waals surface area contributed by atoms with Crippen molar-refractivity contribution in [1.29, 1.82) is 5.26 Å². The van der Waals surface area contributed by atoms with Gasteiger partial charge in [-0.3, -0.25) is 9.48 Å². The summed E-state index contributed by atoms with van der Waals surface area (Å²) < 4.78 is 1.94. The lowest BCUT2D eigenvalue weighted by Crippen LogP contribution is -2.13. The van der Waals surface area contributed by atoms with Gasteiger partial charge in [0, 0.05) is 35.2 Å². The molecule has 6 nitrogen and oxygen atoms in total. The van der Waals surface area contributed by atoms with Crippen LogP contribution in [0.4, 0.5) is 17.2 Å². The van der Waals surface area contributed by atoms with Crippen LogP contribution in [0.2, 0.25) is 0 Å². The molecule has 2 aromatic carbocycles. The lowest BCUT2D eigenvalue weighted by atomic mass is 10.1. The van der Waals surface area contributed by atoms with E-state index in [-0.39, 0.29) is 5.91 Å². The number of benzene rings is 2. The first kappa shape index (κ1) is 15.9. The van der Waals surface area contributed by atoms with E-state index >= 15 is 0 Å². The highest BCUT2D eigenvalue weighted by molar-refractivity contribution is 6.04. The number of nitrogens with one attached hydrogen (secondary N) is 2. The minimum Gasteiger partial charge on any atom is -0.356 e. The second-order valence-electron chi connectivity index (χ2n) is 6.20. The number of anilines is 3. The van der Waals surface area contributed by atoms with Crippen LogP contribution in [0.1, 0.15) is 28.0 Å². The van der Waals surface area contributed by atoms with E-state index in [0.717, 1.165) is 36.5 Å². The van der Waals surface area contributed by atoms with Crippen LogP contribution in [0, 0.1) is 11.3 Å². The first-order valence-corrected chi connectivity index (χ1v) is 8.46. The fourth-order valence-corrected chi connectivity index (χ4v) is 3.04. The Kier molecular flexibility index (Phi) is 4.12. The summed E-state index contributed by atoms with van der Waals surface area (Å²) in [5.41, 5.74) is 3.98. The van der Waals surface area contributed by atoms with E-state index in [1.165, 1.54) is 0 Å². The number of aryl methyl sites for hydroxylation is 2. The van der Waals surface area contributed by atoms with Crippen LogP contribution in [0.3, 0.4) is 0 Å². The SMILES string of the molecule is N#Cc1ccc(Nc2cccc(C(=O)Nc3cc4n(n3)CCC4)c2)cc1. The maximum absolute atomic E-state index is 12.5. The molecule has 0 radical (unpaired) electrons. The van der Waals surface area contributed by atoms with E-state index in [2.05, 4.69) is 21.8 Å². The Morgan fingerprint density at radius 1 is 1.12 bits per heavy atom. The maximum atomic E-state index is 12.5. The van der Waals surface area contributed by atoms with Crippen molar-refractivity contribution in [2.45, 2.75) is 19.4 Å². The molecule has 0 aliphatic carbocycles. The van der Waals surface area contributed by atoms with Crippen molar-refractivity contribution in [3.63, 3.8) is 0 Å². The van der Waals surface area contributed by atoms with Gasteiger partial charge in [-0.15, -0.1) is 0 Å². The summed E-state index contributed by atoms with van der Waals surface area (Å²) in [6.07, 6.45) is 2.12. The van der Waals surface area contributed by atoms with E-state index in [1.54, 1.807) is 24.3 Å². The zero-order valence-corrected chi connectivity index (χ0v) is 14.1. The van der Waals surface area contributed by atoms with Crippen LogP contribution in [-0.4, -0.2) is 15.7 Å². The number of aromatic nitrogens is 2. The highest BCUT2D eigenvalue weighted by Gasteiger charge is 2.15. The van der Waals surface area contributed by atoms with Gasteiger partial charge in [-0.05, 0) is 55.3 Å². The third-order valence-corrected chi connectivity index (χ3v) is 4.34. The Labute approximate surface area is 151 Å². The monoisotopic (exact) mass is 343 g/mol. The highest BCUT2D eigenvalue weighted by atomic mass is 16.1. The topological polar surface area (TPSA) is 82.7 Å². The Morgan fingerprint density at radius 2 is 1.96 bits per heavy atom. The van der Waals surface area contributed by atoms with E-state index in [4.69, 9.17) is 5.26 Å². The normalized spacial score (nSPS) is 12.3. The highest BCUT2D eigenvalue weighted by Crippen LogP contribution is 2.21. The minimum atomic E-state index is -0.190. The van der Waals surface area contributed by atoms with Gasteiger partial charge in [-0.2, -0.15) is 10.4 Å². The molecule has 0 saturated heterocycles. The summed E-state index contributed by atoms with van der Waals surface area (Å²) in [7, 11) is 0. The standard InChI is InChI=1S/C20H17N5O/c21-13-14-6-8-16(9-7-14)22-17-4-1-3-15(11-17)20(26)23-19-12-18-5-2-10-25(18)24-19/h1,3-4,6-9,11-12,22H,2,5,10H2,(H,23,24,26). The summed E-state index contributed by atoms with van der Waals surface area (Å²) in [5.74, 6) is 0.403. The number of fused-ring (bicyclic) bond motifs is 1. The molecular weight excluding hydrogens is 326 g/mol. The van der Waals surface area contributed by atoms with E-state index < -0.39 is 0 Å². The number of rotatable bonds is 4. The predicted octanol–water partition coefficient (Wildman–Crippen LogP) is 3.70. The molecule has 1 aliphatic rings. The molecule has 0 fully saturated rings. The maximum Gasteiger partial charge on any atom is 0.256 e. The van der Waals surface area contributed by atoms with E-state index in [1.807, 2.05) is 35.0 Å². The van der Waals surface area contributed by atoms with Crippen molar-refractivity contribution in [1.82, 2.24) is 9.78 Å². The second kappa shape index (κ2) is 6.73. The molecule has 2 N–H and O–H groups in total. The molecule has 1 amide bonds. The molecule has 6 heteroatoms. The minimum absolute atomic E-state index is 0.190. The molecule has 128 valence electrons. The van der Waals surface area contributed by atoms with Crippen molar-refractivity contribution >= 4 is 23.1 Å². The van der Waals surface area contributed by atoms with Crippen LogP contribution in [-0.2, 0) is 13.0 Å². The van der Waals surface area contributed by atoms with Gasteiger partial charge in [0.25, 0.3) is 5.91 Å². The fraction of sp³-hybridized carbons (Fsp3) is 0.150. The van der Waals surface area contributed by atoms with Gasteiger partial charge in [-0.25, -0.2) is 0 Å². The van der Waals surface area contributed by atoms with Crippen molar-refractivity contribution < 1.29 is 4.79 Å². The molecule has 4 rings (SSSR count). The van der Waals surface area contributed by atoms with Gasteiger partial charge in [-0.1, -0.05) is 6.07 Å². The van der Waals surface area contributed by atoms with Crippen molar-refractivity contribution in [3.05, 3.63) is 71.4 Å². The van der Waals surface area contributed by atoms with Crippen molar-refractivity contribution in [2.24, 2.45) is 0 Å². The first-order chi connectivity index (χ1) is 12.7. The Morgan fingerprint density at radius 3 is 2.73 bits per heavy atom. The molecular formula is C20H17N5O. The molecule has 0 spiro atoms. The van der Waals surface area contributed by atoms with Gasteiger partial charge in [0.2, 0.25) is 0 Å². The summed E-state index contributed by atoms with van der Waals surface area (Å²) in [6, 6.07) is 18.5. The average Bonchev–Trinajstić information content (AvgIpc) is 3.24. The zero-order valence-electron chi connectivity index (χ0n) is 14.1. The average molecular weight is 343 g/mol. The molecule has 1 aliphatic heterocycles. The van der Waals surface area contributed by atoms with Gasteiger partial charge >= 0.3 is 0 Å². The first-order valence-electron chi connectivity index (χ1n) is 8.46. The Bertz CT molecular complexity index is 976. The van der Waals surface area contributed by atoms with Crippen molar-refractivity contribution in [3.8, 4) is 6.07 Å². The number of hydrogen-bond acceptors (Lipinski definition) is 4. The van der Waals surface area contributed by atoms with Crippen LogP contribution >= 0.6 is 0 Å². The Balaban J connectivity index is 1.47. The van der Waals surface area contributed by atoms with Gasteiger partial charge in [0.05, 0.1) is 11.6 Å². The summed E-state index contributed by atoms with van der Waals surface area (Å²) in [5, 5.41) is 19.4. The quantitative estimate of drug-likeness (QED) is 0.757. The zero-order chi connectivity index (χ0) is 17.9. The van der Waals surface area contributed by atoms with Crippen LogP contribution in [0.25, 0.3) is 0 Å². The van der Waals surface area contributed by atoms with Gasteiger partial charge in [0.15, 0.2) is 5.82 Å². The summed E-state index contributed by atoms with van der Waals surface area (Å²) in [4.78, 5) is 12.5. The molecule has 1 aromatic heterocycles. The molecule has 0 atom stereocenters. The number of amides is 1. The number of nitrogens with zero attached hydrogens (tertiary/aromatic N) is 3. The molecule has 2 heterocycles. The summed E-state index contributed by atoms with van der Waals surface area (Å²) in [6.45, 7) is 0.912. The Hall–Kier alpha value is -3.59. The number of carbonyl (C=O) groups is 1. The number of nitriles is 1. The van der Waals surface area contributed by atoms with Crippen molar-refractivity contribution in [2.75, 3.05) is 10.6 Å². The molecule has 0 bridgehead atoms. The lowest BCUT2D eigenvalue weighted by molar-refractivity contribution is 0.102. The van der Waals surface area contributed by atoms with Crippen LogP contribution in [0.15, 0.2) is 54.6 Å².